The Bertz CT molecular complexity index is 652. The molecule has 6 heteroatoms. The lowest BCUT2D eigenvalue weighted by atomic mass is 10.1. The lowest BCUT2D eigenvalue weighted by Crippen LogP contribution is -2.47. The Hall–Kier alpha value is -1.43. The molecule has 0 bridgehead atoms. The standard InChI is InChI=1S/C17H23ClN4O/c1-12(15-6-4-5-7-16(15)18)21-8-10-22(11-9-21)13(2)17-20-19-14(3)23-17/h4-7,12-13H,8-11H2,1-3H3/t12-,13-/m0/s1. The summed E-state index contributed by atoms with van der Waals surface area (Å²) in [5, 5.41) is 8.92. The van der Waals surface area contributed by atoms with Gasteiger partial charge in [-0.25, -0.2) is 0 Å². The monoisotopic (exact) mass is 334 g/mol. The Morgan fingerprint density at radius 3 is 2.17 bits per heavy atom. The second-order valence-electron chi connectivity index (χ2n) is 6.10. The molecule has 5 nitrogen and oxygen atoms in total. The first kappa shape index (κ1) is 16.4. The minimum absolute atomic E-state index is 0.161. The van der Waals surface area contributed by atoms with E-state index in [-0.39, 0.29) is 6.04 Å². The van der Waals surface area contributed by atoms with Crippen molar-refractivity contribution in [3.05, 3.63) is 46.6 Å². The van der Waals surface area contributed by atoms with Gasteiger partial charge in [-0.15, -0.1) is 10.2 Å². The van der Waals surface area contributed by atoms with Gasteiger partial charge in [0, 0.05) is 44.2 Å². The van der Waals surface area contributed by atoms with Gasteiger partial charge in [-0.3, -0.25) is 9.80 Å². The van der Waals surface area contributed by atoms with Gasteiger partial charge in [-0.1, -0.05) is 29.8 Å². The van der Waals surface area contributed by atoms with Crippen LogP contribution in [0.1, 0.15) is 43.3 Å². The highest BCUT2D eigenvalue weighted by molar-refractivity contribution is 6.31. The fourth-order valence-electron chi connectivity index (χ4n) is 3.16. The molecule has 0 amide bonds. The summed E-state index contributed by atoms with van der Waals surface area (Å²) in [5.41, 5.74) is 1.20. The number of rotatable bonds is 4. The van der Waals surface area contributed by atoms with Crippen LogP contribution >= 0.6 is 11.6 Å². The van der Waals surface area contributed by atoms with E-state index in [4.69, 9.17) is 16.0 Å². The molecule has 1 aliphatic heterocycles. The second-order valence-corrected chi connectivity index (χ2v) is 6.51. The molecule has 1 aliphatic rings. The zero-order valence-corrected chi connectivity index (χ0v) is 14.6. The molecular formula is C17H23ClN4O. The molecule has 2 heterocycles. The normalized spacial score (nSPS) is 19.7. The highest BCUT2D eigenvalue weighted by Crippen LogP contribution is 2.29. The van der Waals surface area contributed by atoms with Crippen LogP contribution in [0.25, 0.3) is 0 Å². The molecular weight excluding hydrogens is 312 g/mol. The van der Waals surface area contributed by atoms with Crippen molar-refractivity contribution in [3.8, 4) is 0 Å². The van der Waals surface area contributed by atoms with E-state index in [0.717, 1.165) is 31.2 Å². The number of aryl methyl sites for hydroxylation is 1. The molecule has 0 saturated carbocycles. The van der Waals surface area contributed by atoms with Gasteiger partial charge in [0.1, 0.15) is 0 Å². The van der Waals surface area contributed by atoms with Crippen molar-refractivity contribution < 1.29 is 4.42 Å². The summed E-state index contributed by atoms with van der Waals surface area (Å²) in [6.07, 6.45) is 0. The third-order valence-corrected chi connectivity index (χ3v) is 5.04. The van der Waals surface area contributed by atoms with E-state index in [2.05, 4.69) is 39.9 Å². The van der Waals surface area contributed by atoms with E-state index in [9.17, 15) is 0 Å². The van der Waals surface area contributed by atoms with Gasteiger partial charge >= 0.3 is 0 Å². The topological polar surface area (TPSA) is 45.4 Å². The molecule has 23 heavy (non-hydrogen) atoms. The largest absolute Gasteiger partial charge is 0.424 e. The van der Waals surface area contributed by atoms with E-state index in [1.54, 1.807) is 0 Å². The van der Waals surface area contributed by atoms with E-state index >= 15 is 0 Å². The number of aromatic nitrogens is 2. The predicted molar refractivity (Wildman–Crippen MR) is 90.5 cm³/mol. The van der Waals surface area contributed by atoms with Gasteiger partial charge in [-0.2, -0.15) is 0 Å². The quantitative estimate of drug-likeness (QED) is 0.856. The van der Waals surface area contributed by atoms with E-state index in [1.807, 2.05) is 25.1 Å². The first-order valence-electron chi connectivity index (χ1n) is 8.09. The van der Waals surface area contributed by atoms with Crippen molar-refractivity contribution in [2.45, 2.75) is 32.9 Å². The third-order valence-electron chi connectivity index (χ3n) is 4.70. The van der Waals surface area contributed by atoms with E-state index < -0.39 is 0 Å². The average molecular weight is 335 g/mol. The summed E-state index contributed by atoms with van der Waals surface area (Å²) in [7, 11) is 0. The van der Waals surface area contributed by atoms with Crippen molar-refractivity contribution >= 4 is 11.6 Å². The molecule has 0 spiro atoms. The summed E-state index contributed by atoms with van der Waals surface area (Å²) in [5.74, 6) is 1.33. The zero-order chi connectivity index (χ0) is 16.4. The lowest BCUT2D eigenvalue weighted by Gasteiger charge is -2.40. The number of hydrogen-bond donors (Lipinski definition) is 0. The van der Waals surface area contributed by atoms with Crippen LogP contribution in [0, 0.1) is 6.92 Å². The van der Waals surface area contributed by atoms with Crippen LogP contribution in [0.15, 0.2) is 28.7 Å². The molecule has 0 aliphatic carbocycles. The molecule has 1 aromatic carbocycles. The summed E-state index contributed by atoms with van der Waals surface area (Å²) >= 11 is 6.34. The summed E-state index contributed by atoms with van der Waals surface area (Å²) in [6.45, 7) is 10.1. The molecule has 0 N–H and O–H groups in total. The molecule has 2 aromatic rings. The number of hydrogen-bond acceptors (Lipinski definition) is 5. The van der Waals surface area contributed by atoms with Crippen molar-refractivity contribution in [1.29, 1.82) is 0 Å². The average Bonchev–Trinajstić information content (AvgIpc) is 3.01. The fraction of sp³-hybridized carbons (Fsp3) is 0.529. The molecule has 124 valence electrons. The van der Waals surface area contributed by atoms with Crippen molar-refractivity contribution in [3.63, 3.8) is 0 Å². The second kappa shape index (κ2) is 6.99. The number of nitrogens with zero attached hydrogens (tertiary/aromatic N) is 4. The number of benzene rings is 1. The predicted octanol–water partition coefficient (Wildman–Crippen LogP) is 3.47. The first-order chi connectivity index (χ1) is 11.1. The Morgan fingerprint density at radius 1 is 1.00 bits per heavy atom. The van der Waals surface area contributed by atoms with E-state index in [1.165, 1.54) is 5.56 Å². The number of halogens is 1. The molecule has 1 aromatic heterocycles. The smallest absolute Gasteiger partial charge is 0.233 e. The molecule has 1 fully saturated rings. The lowest BCUT2D eigenvalue weighted by molar-refractivity contribution is 0.0697. The maximum absolute atomic E-state index is 6.34. The molecule has 0 unspecified atom stereocenters. The number of piperazine rings is 1. The van der Waals surface area contributed by atoms with Crippen LogP contribution in [-0.2, 0) is 0 Å². The van der Waals surface area contributed by atoms with Gasteiger partial charge in [-0.05, 0) is 25.5 Å². The van der Waals surface area contributed by atoms with Crippen LogP contribution in [-0.4, -0.2) is 46.2 Å². The SMILES string of the molecule is Cc1nnc([C@H](C)N2CCN([C@@H](C)c3ccccc3Cl)CC2)o1. The van der Waals surface area contributed by atoms with Crippen LogP contribution in [0.2, 0.25) is 5.02 Å². The van der Waals surface area contributed by atoms with Gasteiger partial charge in [0.05, 0.1) is 6.04 Å². The third kappa shape index (κ3) is 3.57. The Labute approximate surface area is 142 Å². The molecule has 2 atom stereocenters. The molecule has 1 saturated heterocycles. The Kier molecular flexibility index (Phi) is 4.99. The van der Waals surface area contributed by atoms with Gasteiger partial charge in [0.15, 0.2) is 0 Å². The van der Waals surface area contributed by atoms with Crippen LogP contribution in [0.3, 0.4) is 0 Å². The maximum atomic E-state index is 6.34. The Morgan fingerprint density at radius 2 is 1.61 bits per heavy atom. The van der Waals surface area contributed by atoms with Crippen LogP contribution < -0.4 is 0 Å². The highest BCUT2D eigenvalue weighted by Gasteiger charge is 2.28. The van der Waals surface area contributed by atoms with Gasteiger partial charge in [0.2, 0.25) is 11.8 Å². The molecule has 3 rings (SSSR count). The van der Waals surface area contributed by atoms with E-state index in [0.29, 0.717) is 17.8 Å². The van der Waals surface area contributed by atoms with Crippen molar-refractivity contribution in [1.82, 2.24) is 20.0 Å². The minimum atomic E-state index is 0.161. The van der Waals surface area contributed by atoms with Crippen molar-refractivity contribution in [2.75, 3.05) is 26.2 Å². The maximum Gasteiger partial charge on any atom is 0.233 e. The first-order valence-corrected chi connectivity index (χ1v) is 8.46. The minimum Gasteiger partial charge on any atom is -0.424 e. The summed E-state index contributed by atoms with van der Waals surface area (Å²) in [4.78, 5) is 4.87. The van der Waals surface area contributed by atoms with Crippen molar-refractivity contribution in [2.24, 2.45) is 0 Å². The fourth-order valence-corrected chi connectivity index (χ4v) is 3.45. The molecule has 0 radical (unpaired) electrons. The van der Waals surface area contributed by atoms with Gasteiger partial charge in [0.25, 0.3) is 0 Å². The van der Waals surface area contributed by atoms with Crippen LogP contribution in [0.4, 0.5) is 0 Å². The summed E-state index contributed by atoms with van der Waals surface area (Å²) < 4.78 is 5.56. The Balaban J connectivity index is 1.61. The highest BCUT2D eigenvalue weighted by atomic mass is 35.5. The zero-order valence-electron chi connectivity index (χ0n) is 13.9. The summed E-state index contributed by atoms with van der Waals surface area (Å²) in [6, 6.07) is 8.59. The van der Waals surface area contributed by atoms with Gasteiger partial charge < -0.3 is 4.42 Å². The van der Waals surface area contributed by atoms with Crippen LogP contribution in [0.5, 0.6) is 0 Å².